The molecule has 0 atom stereocenters. The first-order valence-corrected chi connectivity index (χ1v) is 9.05. The van der Waals surface area contributed by atoms with Gasteiger partial charge in [0.2, 0.25) is 5.91 Å². The zero-order chi connectivity index (χ0) is 16.2. The Labute approximate surface area is 139 Å². The Kier molecular flexibility index (Phi) is 5.00. The van der Waals surface area contributed by atoms with Gasteiger partial charge in [-0.15, -0.1) is 0 Å². The average molecular weight is 334 g/mol. The minimum Gasteiger partial charge on any atom is -0.486 e. The van der Waals surface area contributed by atoms with Crippen LogP contribution in [0.2, 0.25) is 0 Å². The van der Waals surface area contributed by atoms with E-state index in [1.807, 2.05) is 12.1 Å². The van der Waals surface area contributed by atoms with Gasteiger partial charge in [0, 0.05) is 25.1 Å². The Bertz CT molecular complexity index is 776. The number of hydrogen-bond acceptors (Lipinski definition) is 4. The molecular weight excluding hydrogens is 312 g/mol. The first-order valence-electron chi connectivity index (χ1n) is 8.23. The molecule has 0 saturated carbocycles. The number of nitrogens with zero attached hydrogens (tertiary/aromatic N) is 2. The highest BCUT2D eigenvalue weighted by Crippen LogP contribution is 2.35. The lowest BCUT2D eigenvalue weighted by molar-refractivity contribution is -0.118. The molecule has 1 amide bonds. The Morgan fingerprint density at radius 1 is 1.22 bits per heavy atom. The monoisotopic (exact) mass is 334 g/mol. The summed E-state index contributed by atoms with van der Waals surface area (Å²) < 4.78 is 14.5. The minimum atomic E-state index is -0.0412. The van der Waals surface area contributed by atoms with E-state index >= 15 is 0 Å². The highest BCUT2D eigenvalue weighted by molar-refractivity contribution is 7.16. The maximum absolute atomic E-state index is 12.0. The zero-order valence-electron chi connectivity index (χ0n) is 13.6. The number of benzene rings is 1. The highest BCUT2D eigenvalue weighted by Gasteiger charge is 2.16. The summed E-state index contributed by atoms with van der Waals surface area (Å²) >= 11 is 1.54. The van der Waals surface area contributed by atoms with E-state index in [0.717, 1.165) is 52.3 Å². The van der Waals surface area contributed by atoms with Crippen LogP contribution in [0.3, 0.4) is 0 Å². The molecule has 0 fully saturated rings. The molecule has 23 heavy (non-hydrogen) atoms. The number of rotatable bonds is 5. The second-order valence-corrected chi connectivity index (χ2v) is 6.62. The number of amides is 1. The van der Waals surface area contributed by atoms with Crippen LogP contribution in [-0.2, 0) is 11.3 Å². The first-order chi connectivity index (χ1) is 11.2. The summed E-state index contributed by atoms with van der Waals surface area (Å²) in [5.74, 6) is 1.51. The van der Waals surface area contributed by atoms with Crippen LogP contribution in [0.15, 0.2) is 17.1 Å². The third-order valence-corrected chi connectivity index (χ3v) is 4.80. The Morgan fingerprint density at radius 2 is 1.96 bits per heavy atom. The van der Waals surface area contributed by atoms with Crippen LogP contribution >= 0.6 is 11.3 Å². The summed E-state index contributed by atoms with van der Waals surface area (Å²) in [6, 6.07) is 4.00. The van der Waals surface area contributed by atoms with Crippen molar-refractivity contribution in [3.05, 3.63) is 16.9 Å². The fraction of sp³-hybridized carbons (Fsp3) is 0.529. The quantitative estimate of drug-likeness (QED) is 0.841. The zero-order valence-corrected chi connectivity index (χ0v) is 14.4. The van der Waals surface area contributed by atoms with E-state index in [0.29, 0.717) is 19.6 Å². The molecular formula is C17H22N2O3S. The number of aryl methyl sites for hydroxylation is 1. The van der Waals surface area contributed by atoms with Crippen molar-refractivity contribution in [2.75, 3.05) is 13.2 Å². The third kappa shape index (κ3) is 3.42. The molecule has 1 aromatic heterocycles. The molecule has 0 aliphatic carbocycles. The van der Waals surface area contributed by atoms with Gasteiger partial charge in [-0.2, -0.15) is 4.99 Å². The minimum absolute atomic E-state index is 0.0412. The van der Waals surface area contributed by atoms with Crippen molar-refractivity contribution >= 4 is 27.5 Å². The van der Waals surface area contributed by atoms with Crippen LogP contribution in [0.5, 0.6) is 11.5 Å². The number of unbranched alkanes of at least 4 members (excludes halogenated alkanes) is 1. The van der Waals surface area contributed by atoms with Gasteiger partial charge in [-0.1, -0.05) is 31.6 Å². The van der Waals surface area contributed by atoms with Gasteiger partial charge >= 0.3 is 0 Å². The number of carbonyl (C=O) groups is 1. The van der Waals surface area contributed by atoms with Crippen molar-refractivity contribution in [2.24, 2.45) is 4.99 Å². The van der Waals surface area contributed by atoms with Crippen LogP contribution in [0.1, 0.15) is 39.5 Å². The van der Waals surface area contributed by atoms with Crippen LogP contribution < -0.4 is 14.3 Å². The van der Waals surface area contributed by atoms with Gasteiger partial charge in [0.15, 0.2) is 16.3 Å². The van der Waals surface area contributed by atoms with Gasteiger partial charge in [-0.3, -0.25) is 4.79 Å². The van der Waals surface area contributed by atoms with Crippen molar-refractivity contribution in [1.29, 1.82) is 0 Å². The smallest absolute Gasteiger partial charge is 0.248 e. The predicted octanol–water partition coefficient (Wildman–Crippen LogP) is 3.50. The largest absolute Gasteiger partial charge is 0.486 e. The summed E-state index contributed by atoms with van der Waals surface area (Å²) in [5, 5.41) is 0. The molecule has 1 aliphatic rings. The molecule has 0 bridgehead atoms. The molecule has 0 radical (unpaired) electrons. The van der Waals surface area contributed by atoms with E-state index in [9.17, 15) is 4.79 Å². The predicted molar refractivity (Wildman–Crippen MR) is 91.2 cm³/mol. The number of ether oxygens (including phenoxy) is 2. The molecule has 0 spiro atoms. The summed E-state index contributed by atoms with van der Waals surface area (Å²) in [4.78, 5) is 17.1. The lowest BCUT2D eigenvalue weighted by Crippen LogP contribution is -2.17. The van der Waals surface area contributed by atoms with Crippen LogP contribution in [0, 0.1) is 0 Å². The molecule has 2 heterocycles. The van der Waals surface area contributed by atoms with Crippen molar-refractivity contribution < 1.29 is 14.3 Å². The molecule has 5 nitrogen and oxygen atoms in total. The third-order valence-electron chi connectivity index (χ3n) is 3.76. The fourth-order valence-electron chi connectivity index (χ4n) is 2.62. The molecule has 2 aromatic rings. The van der Waals surface area contributed by atoms with Crippen molar-refractivity contribution in [3.63, 3.8) is 0 Å². The van der Waals surface area contributed by atoms with Crippen LogP contribution in [-0.4, -0.2) is 23.7 Å². The summed E-state index contributed by atoms with van der Waals surface area (Å²) in [6.45, 7) is 6.18. The van der Waals surface area contributed by atoms with Gasteiger partial charge in [-0.05, 0) is 12.8 Å². The summed E-state index contributed by atoms with van der Waals surface area (Å²) in [5.41, 5.74) is 1.06. The van der Waals surface area contributed by atoms with E-state index in [1.54, 1.807) is 0 Å². The van der Waals surface area contributed by atoms with E-state index in [2.05, 4.69) is 23.4 Å². The molecule has 1 aromatic carbocycles. The average Bonchev–Trinajstić information content (AvgIpc) is 2.88. The van der Waals surface area contributed by atoms with E-state index in [1.165, 1.54) is 11.3 Å². The Balaban J connectivity index is 2.08. The lowest BCUT2D eigenvalue weighted by Gasteiger charge is -2.18. The lowest BCUT2D eigenvalue weighted by atomic mass is 10.2. The molecule has 6 heteroatoms. The van der Waals surface area contributed by atoms with Crippen LogP contribution in [0.4, 0.5) is 0 Å². The van der Waals surface area contributed by atoms with Gasteiger partial charge in [-0.25, -0.2) is 0 Å². The van der Waals surface area contributed by atoms with Crippen molar-refractivity contribution in [1.82, 2.24) is 4.57 Å². The molecule has 0 N–H and O–H groups in total. The number of fused-ring (bicyclic) bond motifs is 2. The maximum Gasteiger partial charge on any atom is 0.248 e. The molecule has 3 rings (SSSR count). The number of aromatic nitrogens is 1. The van der Waals surface area contributed by atoms with E-state index < -0.39 is 0 Å². The van der Waals surface area contributed by atoms with Gasteiger partial charge in [0.1, 0.15) is 13.2 Å². The highest BCUT2D eigenvalue weighted by atomic mass is 32.1. The van der Waals surface area contributed by atoms with Crippen LogP contribution in [0.25, 0.3) is 10.2 Å². The van der Waals surface area contributed by atoms with E-state index in [-0.39, 0.29) is 5.91 Å². The second kappa shape index (κ2) is 7.17. The summed E-state index contributed by atoms with van der Waals surface area (Å²) in [7, 11) is 0. The van der Waals surface area contributed by atoms with Crippen molar-refractivity contribution in [2.45, 2.75) is 46.1 Å². The fourth-order valence-corrected chi connectivity index (χ4v) is 3.71. The van der Waals surface area contributed by atoms with E-state index in [4.69, 9.17) is 9.47 Å². The topological polar surface area (TPSA) is 52.8 Å². The number of carbonyl (C=O) groups excluding carboxylic acids is 1. The number of hydrogen-bond donors (Lipinski definition) is 0. The Morgan fingerprint density at radius 3 is 2.65 bits per heavy atom. The van der Waals surface area contributed by atoms with Gasteiger partial charge in [0.25, 0.3) is 0 Å². The second-order valence-electron chi connectivity index (χ2n) is 5.61. The standard InChI is InChI=1S/C17H22N2O3S/c1-3-5-6-16(20)18-17-19(7-4-2)12-10-13-14(11-15(12)23-17)22-9-8-21-13/h10-11H,3-9H2,1-2H3. The summed E-state index contributed by atoms with van der Waals surface area (Å²) in [6.07, 6.45) is 3.39. The SMILES string of the molecule is CCCCC(=O)N=c1sc2cc3c(cc2n1CCC)OCCO3. The normalized spacial score (nSPS) is 14.4. The van der Waals surface area contributed by atoms with Crippen molar-refractivity contribution in [3.8, 4) is 11.5 Å². The maximum atomic E-state index is 12.0. The molecule has 0 saturated heterocycles. The van der Waals surface area contributed by atoms with Gasteiger partial charge in [0.05, 0.1) is 10.2 Å². The Hall–Kier alpha value is -1.82. The number of thiazole rings is 1. The molecule has 124 valence electrons. The molecule has 1 aliphatic heterocycles. The van der Waals surface area contributed by atoms with Gasteiger partial charge < -0.3 is 14.0 Å². The first kappa shape index (κ1) is 16.1. The molecule has 0 unspecified atom stereocenters.